The minimum atomic E-state index is -4.53. The summed E-state index contributed by atoms with van der Waals surface area (Å²) in [7, 11) is 0. The summed E-state index contributed by atoms with van der Waals surface area (Å²) in [6, 6.07) is 8.67. The fraction of sp³-hybridized carbons (Fsp3) is 0.0714. The molecule has 0 aliphatic rings. The highest BCUT2D eigenvalue weighted by Gasteiger charge is 2.33. The number of nitrogens with one attached hydrogen (secondary N) is 1. The van der Waals surface area contributed by atoms with E-state index in [1.54, 1.807) is 0 Å². The van der Waals surface area contributed by atoms with Gasteiger partial charge in [-0.1, -0.05) is 12.1 Å². The molecule has 0 atom stereocenters. The van der Waals surface area contributed by atoms with Gasteiger partial charge in [-0.2, -0.15) is 13.2 Å². The first-order valence-electron chi connectivity index (χ1n) is 5.85. The van der Waals surface area contributed by atoms with Crippen molar-refractivity contribution in [1.82, 2.24) is 0 Å². The molecule has 0 aromatic heterocycles. The van der Waals surface area contributed by atoms with Crippen molar-refractivity contribution in [2.45, 2.75) is 6.18 Å². The van der Waals surface area contributed by atoms with E-state index in [-0.39, 0.29) is 22.6 Å². The molecule has 0 aliphatic heterocycles. The molecule has 0 saturated heterocycles. The minimum Gasteiger partial charge on any atom is -0.478 e. The van der Waals surface area contributed by atoms with Crippen molar-refractivity contribution >= 4 is 23.0 Å². The van der Waals surface area contributed by atoms with Crippen molar-refractivity contribution in [2.75, 3.05) is 11.1 Å². The Morgan fingerprint density at radius 1 is 1.10 bits per heavy atom. The van der Waals surface area contributed by atoms with Crippen LogP contribution in [0.3, 0.4) is 0 Å². The smallest absolute Gasteiger partial charge is 0.418 e. The van der Waals surface area contributed by atoms with Gasteiger partial charge in [0.2, 0.25) is 0 Å². The van der Waals surface area contributed by atoms with E-state index in [0.29, 0.717) is 0 Å². The largest absolute Gasteiger partial charge is 0.478 e. The number of anilines is 3. The number of nitrogens with two attached hydrogens (primary N) is 1. The highest BCUT2D eigenvalue weighted by molar-refractivity contribution is 5.91. The lowest BCUT2D eigenvalue weighted by molar-refractivity contribution is -0.136. The van der Waals surface area contributed by atoms with Crippen LogP contribution in [0, 0.1) is 0 Å². The summed E-state index contributed by atoms with van der Waals surface area (Å²) in [5.41, 5.74) is 4.79. The van der Waals surface area contributed by atoms with Crippen LogP contribution in [0.4, 0.5) is 30.2 Å². The number of carbonyl (C=O) groups is 1. The second-order valence-electron chi connectivity index (χ2n) is 4.28. The Kier molecular flexibility index (Phi) is 3.75. The standard InChI is InChI=1S/C14H11F3N2O2/c15-14(16,17)9-3-1-2-4-11(9)19-12-7-8(13(20)21)5-6-10(12)18/h1-7,19H,18H2,(H,20,21). The highest BCUT2D eigenvalue weighted by atomic mass is 19.4. The van der Waals surface area contributed by atoms with Crippen molar-refractivity contribution in [1.29, 1.82) is 0 Å². The van der Waals surface area contributed by atoms with Crippen LogP contribution < -0.4 is 11.1 Å². The van der Waals surface area contributed by atoms with E-state index in [1.165, 1.54) is 36.4 Å². The van der Waals surface area contributed by atoms with Gasteiger partial charge in [-0.25, -0.2) is 4.79 Å². The molecule has 4 N–H and O–H groups in total. The summed E-state index contributed by atoms with van der Waals surface area (Å²) in [6.45, 7) is 0. The second kappa shape index (κ2) is 5.35. The number of alkyl halides is 3. The second-order valence-corrected chi connectivity index (χ2v) is 4.28. The molecule has 0 bridgehead atoms. The fourth-order valence-electron chi connectivity index (χ4n) is 1.78. The Hall–Kier alpha value is -2.70. The number of carboxylic acid groups (broad SMARTS) is 1. The zero-order valence-corrected chi connectivity index (χ0v) is 10.6. The zero-order valence-electron chi connectivity index (χ0n) is 10.6. The van der Waals surface area contributed by atoms with Crippen LogP contribution in [-0.2, 0) is 6.18 Å². The number of carboxylic acids is 1. The van der Waals surface area contributed by atoms with Gasteiger partial charge in [-0.05, 0) is 30.3 Å². The molecule has 0 heterocycles. The zero-order chi connectivity index (χ0) is 15.6. The number of para-hydroxylation sites is 1. The summed E-state index contributed by atoms with van der Waals surface area (Å²) < 4.78 is 38.7. The van der Waals surface area contributed by atoms with Crippen LogP contribution in [0.2, 0.25) is 0 Å². The number of benzene rings is 2. The van der Waals surface area contributed by atoms with E-state index in [9.17, 15) is 18.0 Å². The quantitative estimate of drug-likeness (QED) is 0.754. The third-order valence-electron chi connectivity index (χ3n) is 2.80. The molecule has 0 aliphatic carbocycles. The minimum absolute atomic E-state index is 0.0730. The maximum atomic E-state index is 12.9. The number of nitrogen functional groups attached to an aromatic ring is 1. The van der Waals surface area contributed by atoms with Crippen LogP contribution in [0.5, 0.6) is 0 Å². The predicted molar refractivity (Wildman–Crippen MR) is 72.5 cm³/mol. The molecule has 0 unspecified atom stereocenters. The Balaban J connectivity index is 2.44. The maximum absolute atomic E-state index is 12.9. The highest BCUT2D eigenvalue weighted by Crippen LogP contribution is 2.36. The molecule has 2 aromatic carbocycles. The topological polar surface area (TPSA) is 75.4 Å². The summed E-state index contributed by atoms with van der Waals surface area (Å²) in [5, 5.41) is 11.4. The molecule has 110 valence electrons. The molecular weight excluding hydrogens is 285 g/mol. The monoisotopic (exact) mass is 296 g/mol. The van der Waals surface area contributed by atoms with Crippen LogP contribution in [0.15, 0.2) is 42.5 Å². The molecule has 4 nitrogen and oxygen atoms in total. The first kappa shape index (κ1) is 14.7. The van der Waals surface area contributed by atoms with Crippen molar-refractivity contribution in [3.05, 3.63) is 53.6 Å². The molecule has 21 heavy (non-hydrogen) atoms. The molecule has 0 spiro atoms. The van der Waals surface area contributed by atoms with Crippen molar-refractivity contribution in [3.63, 3.8) is 0 Å². The number of rotatable bonds is 3. The van der Waals surface area contributed by atoms with Crippen molar-refractivity contribution < 1.29 is 23.1 Å². The van der Waals surface area contributed by atoms with Gasteiger partial charge < -0.3 is 16.2 Å². The summed E-state index contributed by atoms with van der Waals surface area (Å²) in [5.74, 6) is -1.19. The van der Waals surface area contributed by atoms with E-state index in [2.05, 4.69) is 5.32 Å². The average molecular weight is 296 g/mol. The molecule has 0 saturated carbocycles. The Morgan fingerprint density at radius 2 is 1.76 bits per heavy atom. The summed E-state index contributed by atoms with van der Waals surface area (Å²) in [6.07, 6.45) is -4.53. The average Bonchev–Trinajstić information content (AvgIpc) is 2.40. The van der Waals surface area contributed by atoms with Crippen molar-refractivity contribution in [2.24, 2.45) is 0 Å². The third kappa shape index (κ3) is 3.25. The Morgan fingerprint density at radius 3 is 2.38 bits per heavy atom. The first-order chi connectivity index (χ1) is 9.79. The SMILES string of the molecule is Nc1ccc(C(=O)O)cc1Nc1ccccc1C(F)(F)F. The molecule has 0 amide bonds. The maximum Gasteiger partial charge on any atom is 0.418 e. The van der Waals surface area contributed by atoms with E-state index < -0.39 is 17.7 Å². The van der Waals surface area contributed by atoms with Crippen LogP contribution in [0.25, 0.3) is 0 Å². The van der Waals surface area contributed by atoms with Gasteiger partial charge in [-0.3, -0.25) is 0 Å². The number of hydrogen-bond acceptors (Lipinski definition) is 3. The summed E-state index contributed by atoms with van der Waals surface area (Å²) >= 11 is 0. The lowest BCUT2D eigenvalue weighted by atomic mass is 10.1. The normalized spacial score (nSPS) is 11.2. The van der Waals surface area contributed by atoms with E-state index in [1.807, 2.05) is 0 Å². The Bertz CT molecular complexity index is 684. The summed E-state index contributed by atoms with van der Waals surface area (Å²) in [4.78, 5) is 10.9. The molecule has 7 heteroatoms. The van der Waals surface area contributed by atoms with E-state index in [0.717, 1.165) is 6.07 Å². The molecular formula is C14H11F3N2O2. The molecule has 0 radical (unpaired) electrons. The number of halogens is 3. The molecule has 2 rings (SSSR count). The van der Waals surface area contributed by atoms with Gasteiger partial charge in [0.15, 0.2) is 0 Å². The van der Waals surface area contributed by atoms with Crippen LogP contribution in [0.1, 0.15) is 15.9 Å². The van der Waals surface area contributed by atoms with Crippen LogP contribution in [-0.4, -0.2) is 11.1 Å². The number of aromatic carboxylic acids is 1. The van der Waals surface area contributed by atoms with Crippen molar-refractivity contribution in [3.8, 4) is 0 Å². The van der Waals surface area contributed by atoms with Gasteiger partial charge in [-0.15, -0.1) is 0 Å². The fourth-order valence-corrected chi connectivity index (χ4v) is 1.78. The number of hydrogen-bond donors (Lipinski definition) is 3. The lowest BCUT2D eigenvalue weighted by Gasteiger charge is -2.15. The van der Waals surface area contributed by atoms with E-state index >= 15 is 0 Å². The van der Waals surface area contributed by atoms with Gasteiger partial charge >= 0.3 is 12.1 Å². The predicted octanol–water partition coefficient (Wildman–Crippen LogP) is 3.73. The van der Waals surface area contributed by atoms with Gasteiger partial charge in [0.05, 0.1) is 28.2 Å². The lowest BCUT2D eigenvalue weighted by Crippen LogP contribution is -2.09. The van der Waals surface area contributed by atoms with Crippen LogP contribution >= 0.6 is 0 Å². The van der Waals surface area contributed by atoms with E-state index in [4.69, 9.17) is 10.8 Å². The van der Waals surface area contributed by atoms with Gasteiger partial charge in [0.25, 0.3) is 0 Å². The van der Waals surface area contributed by atoms with Gasteiger partial charge in [0, 0.05) is 0 Å². The molecule has 0 fully saturated rings. The Labute approximate surface area is 118 Å². The molecule has 2 aromatic rings. The van der Waals surface area contributed by atoms with Gasteiger partial charge in [0.1, 0.15) is 0 Å². The third-order valence-corrected chi connectivity index (χ3v) is 2.80. The first-order valence-corrected chi connectivity index (χ1v) is 5.85.